The molecule has 0 unspecified atom stereocenters. The molecule has 1 amide bonds. The zero-order valence-electron chi connectivity index (χ0n) is 15.6. The van der Waals surface area contributed by atoms with Crippen molar-refractivity contribution < 1.29 is 9.18 Å². The third-order valence-electron chi connectivity index (χ3n) is 5.48. The summed E-state index contributed by atoms with van der Waals surface area (Å²) in [7, 11) is 0. The number of fused-ring (bicyclic) bond motifs is 1. The predicted octanol–water partition coefficient (Wildman–Crippen LogP) is 4.32. The van der Waals surface area contributed by atoms with Crippen LogP contribution in [0.1, 0.15) is 48.6 Å². The van der Waals surface area contributed by atoms with Crippen molar-refractivity contribution in [3.05, 3.63) is 71.4 Å². The fourth-order valence-electron chi connectivity index (χ4n) is 4.05. The first-order chi connectivity index (χ1) is 13.1. The Bertz CT molecular complexity index is 959. The van der Waals surface area contributed by atoms with Crippen LogP contribution in [0.25, 0.3) is 5.65 Å². The van der Waals surface area contributed by atoms with Crippen LogP contribution in [0.2, 0.25) is 0 Å². The third-order valence-corrected chi connectivity index (χ3v) is 5.48. The van der Waals surface area contributed by atoms with Gasteiger partial charge in [-0.05, 0) is 49.9 Å². The SMILES string of the molecule is Cc1cccc2ncc([C@H](CC(=O)N3CCCCC3)c3ccccc3F)n12. The number of hydrogen-bond acceptors (Lipinski definition) is 2. The van der Waals surface area contributed by atoms with Crippen LogP contribution in [-0.2, 0) is 4.79 Å². The maximum atomic E-state index is 14.7. The topological polar surface area (TPSA) is 37.6 Å². The Hall–Kier alpha value is -2.69. The standard InChI is InChI=1S/C22H24FN3O/c1-16-8-7-11-21-24-15-20(26(16)21)18(17-9-3-4-10-19(17)23)14-22(27)25-12-5-2-6-13-25/h3-4,7-11,15,18H,2,5-6,12-14H2,1H3/t18-/m1/s1. The molecular weight excluding hydrogens is 341 g/mol. The monoisotopic (exact) mass is 365 g/mol. The number of carbonyl (C=O) groups is 1. The fraction of sp³-hybridized carbons (Fsp3) is 0.364. The highest BCUT2D eigenvalue weighted by atomic mass is 19.1. The molecule has 1 aromatic carbocycles. The summed E-state index contributed by atoms with van der Waals surface area (Å²) < 4.78 is 16.7. The Balaban J connectivity index is 1.76. The highest BCUT2D eigenvalue weighted by molar-refractivity contribution is 5.78. The molecule has 140 valence electrons. The van der Waals surface area contributed by atoms with Gasteiger partial charge in [-0.1, -0.05) is 24.3 Å². The number of rotatable bonds is 4. The van der Waals surface area contributed by atoms with Crippen molar-refractivity contribution >= 4 is 11.6 Å². The molecule has 1 saturated heterocycles. The lowest BCUT2D eigenvalue weighted by Gasteiger charge is -2.28. The number of carbonyl (C=O) groups excluding carboxylic acids is 1. The summed E-state index contributed by atoms with van der Waals surface area (Å²) in [6.07, 6.45) is 5.30. The van der Waals surface area contributed by atoms with E-state index in [0.29, 0.717) is 5.56 Å². The van der Waals surface area contributed by atoms with Gasteiger partial charge in [0.05, 0.1) is 5.69 Å². The number of hydrogen-bond donors (Lipinski definition) is 0. The maximum absolute atomic E-state index is 14.7. The van der Waals surface area contributed by atoms with E-state index in [9.17, 15) is 9.18 Å². The number of aromatic nitrogens is 2. The van der Waals surface area contributed by atoms with Crippen LogP contribution < -0.4 is 0 Å². The van der Waals surface area contributed by atoms with E-state index in [1.165, 1.54) is 12.5 Å². The van der Waals surface area contributed by atoms with Gasteiger partial charge in [0, 0.05) is 37.3 Å². The van der Waals surface area contributed by atoms with Crippen LogP contribution in [0, 0.1) is 12.7 Å². The second-order valence-corrected chi connectivity index (χ2v) is 7.26. The van der Waals surface area contributed by atoms with Crippen molar-refractivity contribution in [2.75, 3.05) is 13.1 Å². The Morgan fingerprint density at radius 3 is 2.67 bits per heavy atom. The maximum Gasteiger partial charge on any atom is 0.223 e. The first-order valence-corrected chi connectivity index (χ1v) is 9.60. The molecule has 1 aliphatic heterocycles. The minimum atomic E-state index is -0.364. The average molecular weight is 365 g/mol. The predicted molar refractivity (Wildman–Crippen MR) is 103 cm³/mol. The van der Waals surface area contributed by atoms with Crippen LogP contribution in [0.4, 0.5) is 4.39 Å². The van der Waals surface area contributed by atoms with E-state index in [-0.39, 0.29) is 24.1 Å². The molecule has 2 aromatic heterocycles. The summed E-state index contributed by atoms with van der Waals surface area (Å²) in [5, 5.41) is 0. The lowest BCUT2D eigenvalue weighted by Crippen LogP contribution is -2.36. The minimum absolute atomic E-state index is 0.0893. The van der Waals surface area contributed by atoms with E-state index < -0.39 is 0 Å². The van der Waals surface area contributed by atoms with Gasteiger partial charge in [0.15, 0.2) is 0 Å². The Labute approximate surface area is 158 Å². The van der Waals surface area contributed by atoms with Gasteiger partial charge in [-0.2, -0.15) is 0 Å². The Kier molecular flexibility index (Phi) is 4.92. The second kappa shape index (κ2) is 7.51. The van der Waals surface area contributed by atoms with Crippen LogP contribution in [0.15, 0.2) is 48.7 Å². The normalized spacial score (nSPS) is 15.9. The van der Waals surface area contributed by atoms with Crippen molar-refractivity contribution in [3.63, 3.8) is 0 Å². The second-order valence-electron chi connectivity index (χ2n) is 7.26. The van der Waals surface area contributed by atoms with Gasteiger partial charge in [-0.25, -0.2) is 9.37 Å². The average Bonchev–Trinajstić information content (AvgIpc) is 3.13. The highest BCUT2D eigenvalue weighted by Gasteiger charge is 2.27. The molecule has 0 spiro atoms. The van der Waals surface area contributed by atoms with E-state index in [2.05, 4.69) is 4.98 Å². The molecule has 3 aromatic rings. The first kappa shape index (κ1) is 17.7. The van der Waals surface area contributed by atoms with Gasteiger partial charge in [0.25, 0.3) is 0 Å². The number of piperidine rings is 1. The van der Waals surface area contributed by atoms with Gasteiger partial charge < -0.3 is 9.30 Å². The summed E-state index contributed by atoms with van der Waals surface area (Å²) in [4.78, 5) is 19.4. The van der Waals surface area contributed by atoms with Crippen LogP contribution >= 0.6 is 0 Å². The molecule has 0 N–H and O–H groups in total. The van der Waals surface area contributed by atoms with Crippen molar-refractivity contribution in [1.29, 1.82) is 0 Å². The molecule has 0 radical (unpaired) electrons. The molecule has 1 fully saturated rings. The van der Waals surface area contributed by atoms with Gasteiger partial charge in [0.1, 0.15) is 11.5 Å². The molecule has 0 aliphatic carbocycles. The number of likely N-dealkylation sites (tertiary alicyclic amines) is 1. The third kappa shape index (κ3) is 3.46. The zero-order chi connectivity index (χ0) is 18.8. The first-order valence-electron chi connectivity index (χ1n) is 9.60. The van der Waals surface area contributed by atoms with E-state index >= 15 is 0 Å². The van der Waals surface area contributed by atoms with Crippen LogP contribution in [0.3, 0.4) is 0 Å². The van der Waals surface area contributed by atoms with Crippen molar-refractivity contribution in [2.45, 2.75) is 38.5 Å². The molecule has 5 heteroatoms. The summed E-state index contributed by atoms with van der Waals surface area (Å²) >= 11 is 0. The summed E-state index contributed by atoms with van der Waals surface area (Å²) in [6.45, 7) is 3.60. The van der Waals surface area contributed by atoms with Crippen LogP contribution in [0.5, 0.6) is 0 Å². The Morgan fingerprint density at radius 2 is 1.89 bits per heavy atom. The van der Waals surface area contributed by atoms with Crippen molar-refractivity contribution in [3.8, 4) is 0 Å². The van der Waals surface area contributed by atoms with Gasteiger partial charge in [-0.15, -0.1) is 0 Å². The molecule has 0 saturated carbocycles. The number of pyridine rings is 1. The molecular formula is C22H24FN3O. The fourth-order valence-corrected chi connectivity index (χ4v) is 4.05. The molecule has 1 atom stereocenters. The summed E-state index contributed by atoms with van der Waals surface area (Å²) in [5.74, 6) is -0.555. The summed E-state index contributed by atoms with van der Waals surface area (Å²) in [5.41, 5.74) is 3.25. The quantitative estimate of drug-likeness (QED) is 0.691. The summed E-state index contributed by atoms with van der Waals surface area (Å²) in [6, 6.07) is 12.6. The number of benzene rings is 1. The number of aryl methyl sites for hydroxylation is 1. The van der Waals surface area contributed by atoms with Crippen molar-refractivity contribution in [2.24, 2.45) is 0 Å². The lowest BCUT2D eigenvalue weighted by atomic mass is 9.91. The van der Waals surface area contributed by atoms with E-state index in [1.54, 1.807) is 18.3 Å². The molecule has 0 bridgehead atoms. The van der Waals surface area contributed by atoms with Gasteiger partial charge >= 0.3 is 0 Å². The van der Waals surface area contributed by atoms with Crippen LogP contribution in [-0.4, -0.2) is 33.3 Å². The van der Waals surface area contributed by atoms with Gasteiger partial charge in [0.2, 0.25) is 5.91 Å². The largest absolute Gasteiger partial charge is 0.343 e. The molecule has 3 heterocycles. The molecule has 4 nitrogen and oxygen atoms in total. The van der Waals surface area contributed by atoms with Crippen molar-refractivity contribution in [1.82, 2.24) is 14.3 Å². The smallest absolute Gasteiger partial charge is 0.223 e. The number of halogens is 1. The zero-order valence-corrected chi connectivity index (χ0v) is 15.6. The van der Waals surface area contributed by atoms with E-state index in [4.69, 9.17) is 0 Å². The molecule has 4 rings (SSSR count). The molecule has 27 heavy (non-hydrogen) atoms. The lowest BCUT2D eigenvalue weighted by molar-refractivity contribution is -0.132. The number of amides is 1. The van der Waals surface area contributed by atoms with Gasteiger partial charge in [-0.3, -0.25) is 4.79 Å². The number of imidazole rings is 1. The van der Waals surface area contributed by atoms with E-state index in [1.807, 2.05) is 40.5 Å². The van der Waals surface area contributed by atoms with E-state index in [0.717, 1.165) is 43.0 Å². The molecule has 1 aliphatic rings. The Morgan fingerprint density at radius 1 is 1.11 bits per heavy atom. The number of nitrogens with zero attached hydrogens (tertiary/aromatic N) is 3. The highest BCUT2D eigenvalue weighted by Crippen LogP contribution is 2.32. The minimum Gasteiger partial charge on any atom is -0.343 e.